The zero-order valence-electron chi connectivity index (χ0n) is 18.5. The first-order chi connectivity index (χ1) is 16.0. The van der Waals surface area contributed by atoms with E-state index >= 15 is 0 Å². The van der Waals surface area contributed by atoms with Gasteiger partial charge in [0.1, 0.15) is 10.5 Å². The van der Waals surface area contributed by atoms with Crippen LogP contribution < -0.4 is 5.56 Å². The van der Waals surface area contributed by atoms with Crippen molar-refractivity contribution in [3.05, 3.63) is 92.8 Å². The Morgan fingerprint density at radius 3 is 2.55 bits per heavy atom. The summed E-state index contributed by atoms with van der Waals surface area (Å²) in [7, 11) is 0. The fourth-order valence-corrected chi connectivity index (χ4v) is 6.15. The van der Waals surface area contributed by atoms with Crippen LogP contribution >= 0.6 is 23.1 Å². The summed E-state index contributed by atoms with van der Waals surface area (Å²) >= 11 is 2.70. The van der Waals surface area contributed by atoms with Crippen LogP contribution in [0.4, 0.5) is 0 Å². The molecule has 5 rings (SSSR count). The van der Waals surface area contributed by atoms with E-state index in [0.717, 1.165) is 35.9 Å². The Hall–Kier alpha value is -2.74. The van der Waals surface area contributed by atoms with Crippen LogP contribution in [0.1, 0.15) is 46.9 Å². The van der Waals surface area contributed by atoms with E-state index in [1.54, 1.807) is 16.7 Å². The number of nitrogens with zero attached hydrogens (tertiary/aromatic N) is 2. The molecule has 0 saturated carbocycles. The van der Waals surface area contributed by atoms with E-state index in [-0.39, 0.29) is 16.3 Å². The number of carbonyl (C=O) groups excluding carboxylic acids is 1. The first-order valence-corrected chi connectivity index (χ1v) is 12.8. The van der Waals surface area contributed by atoms with Gasteiger partial charge in [-0.1, -0.05) is 67.2 Å². The SMILES string of the molecule is CCC1(C)Cc2sc3c(=O)n(-c4ccccc4)c(CSC(=O)c4ccccc4)nc3c2CO1. The van der Waals surface area contributed by atoms with E-state index in [1.165, 1.54) is 16.2 Å². The van der Waals surface area contributed by atoms with Gasteiger partial charge in [0.05, 0.1) is 29.2 Å². The van der Waals surface area contributed by atoms with Crippen molar-refractivity contribution in [2.24, 2.45) is 0 Å². The quantitative estimate of drug-likeness (QED) is 0.366. The summed E-state index contributed by atoms with van der Waals surface area (Å²) in [6, 6.07) is 18.7. The van der Waals surface area contributed by atoms with Gasteiger partial charge in [0.2, 0.25) is 5.12 Å². The molecule has 33 heavy (non-hydrogen) atoms. The molecule has 0 amide bonds. The van der Waals surface area contributed by atoms with Crippen LogP contribution in [0.25, 0.3) is 15.9 Å². The molecule has 5 nitrogen and oxygen atoms in total. The van der Waals surface area contributed by atoms with Crippen molar-refractivity contribution in [1.29, 1.82) is 0 Å². The summed E-state index contributed by atoms with van der Waals surface area (Å²) in [5.74, 6) is 0.865. The Balaban J connectivity index is 1.61. The number of hydrogen-bond acceptors (Lipinski definition) is 6. The number of hydrogen-bond donors (Lipinski definition) is 0. The minimum Gasteiger partial charge on any atom is -0.370 e. The minimum absolute atomic E-state index is 0.0426. The molecule has 4 aromatic rings. The first kappa shape index (κ1) is 22.1. The van der Waals surface area contributed by atoms with E-state index in [9.17, 15) is 9.59 Å². The van der Waals surface area contributed by atoms with Crippen LogP contribution in [0.5, 0.6) is 0 Å². The predicted molar refractivity (Wildman–Crippen MR) is 134 cm³/mol. The number of aromatic nitrogens is 2. The summed E-state index contributed by atoms with van der Waals surface area (Å²) in [5, 5.41) is -0.0426. The average Bonchev–Trinajstić information content (AvgIpc) is 3.21. The molecule has 1 atom stereocenters. The number of para-hydroxylation sites is 1. The fraction of sp³-hybridized carbons (Fsp3) is 0.269. The second-order valence-electron chi connectivity index (χ2n) is 8.40. The summed E-state index contributed by atoms with van der Waals surface area (Å²) < 4.78 is 8.45. The molecule has 2 aromatic heterocycles. The lowest BCUT2D eigenvalue weighted by molar-refractivity contribution is -0.0546. The summed E-state index contributed by atoms with van der Waals surface area (Å²) in [4.78, 5) is 32.6. The highest BCUT2D eigenvalue weighted by molar-refractivity contribution is 8.13. The Kier molecular flexibility index (Phi) is 5.95. The third-order valence-electron chi connectivity index (χ3n) is 6.16. The average molecular weight is 477 g/mol. The van der Waals surface area contributed by atoms with Gasteiger partial charge in [0, 0.05) is 22.4 Å². The lowest BCUT2D eigenvalue weighted by atomic mass is 9.93. The first-order valence-electron chi connectivity index (χ1n) is 11.0. The predicted octanol–water partition coefficient (Wildman–Crippen LogP) is 5.76. The van der Waals surface area contributed by atoms with Crippen molar-refractivity contribution < 1.29 is 9.53 Å². The van der Waals surface area contributed by atoms with Gasteiger partial charge in [0.25, 0.3) is 5.56 Å². The largest absolute Gasteiger partial charge is 0.370 e. The van der Waals surface area contributed by atoms with Gasteiger partial charge in [-0.3, -0.25) is 14.2 Å². The van der Waals surface area contributed by atoms with Gasteiger partial charge in [-0.2, -0.15) is 0 Å². The molecule has 3 heterocycles. The van der Waals surface area contributed by atoms with Gasteiger partial charge >= 0.3 is 0 Å². The molecular weight excluding hydrogens is 452 g/mol. The number of benzene rings is 2. The van der Waals surface area contributed by atoms with E-state index in [0.29, 0.717) is 34.0 Å². The Morgan fingerprint density at radius 2 is 1.85 bits per heavy atom. The molecular formula is C26H24N2O3S2. The van der Waals surface area contributed by atoms with Crippen LogP contribution in [0.2, 0.25) is 0 Å². The zero-order valence-corrected chi connectivity index (χ0v) is 20.2. The molecule has 1 aliphatic heterocycles. The lowest BCUT2D eigenvalue weighted by Gasteiger charge is -2.32. The van der Waals surface area contributed by atoms with Gasteiger partial charge in [-0.25, -0.2) is 4.98 Å². The van der Waals surface area contributed by atoms with Crippen molar-refractivity contribution in [2.75, 3.05) is 0 Å². The number of carbonyl (C=O) groups is 1. The third-order valence-corrected chi connectivity index (χ3v) is 8.27. The van der Waals surface area contributed by atoms with Crippen molar-refractivity contribution >= 4 is 38.4 Å². The smallest absolute Gasteiger partial charge is 0.276 e. The Labute approximate surface area is 200 Å². The molecule has 0 fully saturated rings. The van der Waals surface area contributed by atoms with Crippen LogP contribution in [-0.4, -0.2) is 20.3 Å². The second kappa shape index (κ2) is 8.89. The Morgan fingerprint density at radius 1 is 1.15 bits per heavy atom. The maximum Gasteiger partial charge on any atom is 0.276 e. The molecule has 1 unspecified atom stereocenters. The number of thioether (sulfide) groups is 1. The monoisotopic (exact) mass is 476 g/mol. The highest BCUT2D eigenvalue weighted by atomic mass is 32.2. The van der Waals surface area contributed by atoms with Crippen LogP contribution in [0, 0.1) is 0 Å². The van der Waals surface area contributed by atoms with Crippen molar-refractivity contribution in [3.8, 4) is 5.69 Å². The fourth-order valence-electron chi connectivity index (χ4n) is 4.05. The molecule has 2 aromatic carbocycles. The summed E-state index contributed by atoms with van der Waals surface area (Å²) in [5.41, 5.74) is 2.81. The maximum absolute atomic E-state index is 13.7. The van der Waals surface area contributed by atoms with Gasteiger partial charge in [-0.05, 0) is 25.5 Å². The number of thiophene rings is 1. The number of fused-ring (bicyclic) bond motifs is 3. The van der Waals surface area contributed by atoms with Crippen molar-refractivity contribution in [3.63, 3.8) is 0 Å². The highest BCUT2D eigenvalue weighted by Crippen LogP contribution is 2.38. The molecule has 0 saturated heterocycles. The van der Waals surface area contributed by atoms with Crippen LogP contribution in [0.3, 0.4) is 0 Å². The molecule has 168 valence electrons. The Bertz CT molecular complexity index is 1380. The summed E-state index contributed by atoms with van der Waals surface area (Å²) in [6.45, 7) is 4.70. The molecule has 0 spiro atoms. The highest BCUT2D eigenvalue weighted by Gasteiger charge is 2.33. The van der Waals surface area contributed by atoms with E-state index in [2.05, 4.69) is 13.8 Å². The van der Waals surface area contributed by atoms with Crippen molar-refractivity contribution in [1.82, 2.24) is 9.55 Å². The van der Waals surface area contributed by atoms with E-state index in [4.69, 9.17) is 9.72 Å². The third kappa shape index (κ3) is 4.16. The summed E-state index contributed by atoms with van der Waals surface area (Å²) in [6.07, 6.45) is 1.69. The molecule has 0 bridgehead atoms. The van der Waals surface area contributed by atoms with Gasteiger partial charge in [-0.15, -0.1) is 11.3 Å². The van der Waals surface area contributed by atoms with Gasteiger partial charge in [0.15, 0.2) is 0 Å². The van der Waals surface area contributed by atoms with Crippen molar-refractivity contribution in [2.45, 2.75) is 44.6 Å². The topological polar surface area (TPSA) is 61.2 Å². The van der Waals surface area contributed by atoms with Crippen LogP contribution in [0.15, 0.2) is 65.5 Å². The molecule has 7 heteroatoms. The molecule has 0 radical (unpaired) electrons. The normalized spacial score (nSPS) is 17.8. The van der Waals surface area contributed by atoms with Gasteiger partial charge < -0.3 is 4.74 Å². The number of ether oxygens (including phenoxy) is 1. The standard InChI is InChI=1S/C26H24N2O3S2/c1-3-26(2)14-20-19(15-31-26)22-23(33-20)24(29)28(18-12-8-5-9-13-18)21(27-22)16-32-25(30)17-10-6-4-7-11-17/h4-13H,3,14-16H2,1-2H3. The molecule has 0 N–H and O–H groups in total. The number of rotatable bonds is 5. The van der Waals surface area contributed by atoms with E-state index in [1.807, 2.05) is 48.5 Å². The second-order valence-corrected chi connectivity index (χ2v) is 10.5. The maximum atomic E-state index is 13.7. The van der Waals surface area contributed by atoms with Crippen LogP contribution in [-0.2, 0) is 23.5 Å². The lowest BCUT2D eigenvalue weighted by Crippen LogP contribution is -2.33. The molecule has 1 aliphatic rings. The minimum atomic E-state index is -0.215. The van der Waals surface area contributed by atoms with E-state index < -0.39 is 0 Å². The zero-order chi connectivity index (χ0) is 23.0. The molecule has 0 aliphatic carbocycles.